The molecule has 1 fully saturated rings. The van der Waals surface area contributed by atoms with Gasteiger partial charge in [-0.2, -0.15) is 0 Å². The fraction of sp³-hybridized carbons (Fsp3) is 0.259. The third-order valence-corrected chi connectivity index (χ3v) is 7.76. The van der Waals surface area contributed by atoms with Crippen molar-refractivity contribution in [3.63, 3.8) is 0 Å². The monoisotopic (exact) mass is 507 g/mol. The average molecular weight is 508 g/mol. The molecule has 4 aromatic rings. The van der Waals surface area contributed by atoms with E-state index in [0.717, 1.165) is 58.2 Å². The average Bonchev–Trinajstić information content (AvgIpc) is 2.85. The summed E-state index contributed by atoms with van der Waals surface area (Å²) in [4.78, 5) is 10.1. The van der Waals surface area contributed by atoms with Crippen molar-refractivity contribution in [2.24, 2.45) is 5.73 Å². The van der Waals surface area contributed by atoms with Crippen molar-refractivity contribution in [2.45, 2.75) is 49.6 Å². The molecule has 0 bridgehead atoms. The van der Waals surface area contributed by atoms with E-state index in [1.54, 1.807) is 12.1 Å². The van der Waals surface area contributed by atoms with Crippen LogP contribution in [0.1, 0.15) is 31.2 Å². The highest BCUT2D eigenvalue weighted by molar-refractivity contribution is 8.00. The smallest absolute Gasteiger partial charge is 0.223 e. The van der Waals surface area contributed by atoms with Crippen LogP contribution in [0.5, 0.6) is 0 Å². The second-order valence-corrected chi connectivity index (χ2v) is 10.3. The summed E-state index contributed by atoms with van der Waals surface area (Å²) in [6.07, 6.45) is 5.95. The van der Waals surface area contributed by atoms with E-state index in [-0.39, 0.29) is 5.82 Å². The standard InChI is InChI=1S/C27H27ClFN5S/c1-16-12-25-18(15-31-27(33-25)32-20-9-7-19(30)8-10-20)13-21(16)17-6-11-24(23(29)14-17)34-35-26-5-3-2-4-22(26)28/h2-6,11-15,19-20,34H,7-10,30H2,1H3,(H,31,32,33)/t19-,20-. The van der Waals surface area contributed by atoms with Gasteiger partial charge in [-0.15, -0.1) is 0 Å². The first kappa shape index (κ1) is 23.9. The lowest BCUT2D eigenvalue weighted by molar-refractivity contribution is 0.410. The molecule has 0 atom stereocenters. The lowest BCUT2D eigenvalue weighted by atomic mass is 9.92. The van der Waals surface area contributed by atoms with E-state index in [0.29, 0.717) is 28.7 Å². The van der Waals surface area contributed by atoms with E-state index >= 15 is 0 Å². The lowest BCUT2D eigenvalue weighted by Crippen LogP contribution is -2.33. The van der Waals surface area contributed by atoms with Crippen molar-refractivity contribution in [1.82, 2.24) is 9.97 Å². The molecule has 1 aromatic heterocycles. The first-order valence-electron chi connectivity index (χ1n) is 11.7. The highest BCUT2D eigenvalue weighted by atomic mass is 35.5. The molecule has 1 heterocycles. The zero-order chi connectivity index (χ0) is 24.4. The van der Waals surface area contributed by atoms with Crippen LogP contribution in [-0.2, 0) is 0 Å². The number of aromatic nitrogens is 2. The van der Waals surface area contributed by atoms with Gasteiger partial charge in [0.15, 0.2) is 0 Å². The number of hydrogen-bond acceptors (Lipinski definition) is 6. The van der Waals surface area contributed by atoms with E-state index in [2.05, 4.69) is 15.0 Å². The number of nitrogens with two attached hydrogens (primary N) is 1. The maximum absolute atomic E-state index is 14.9. The number of benzene rings is 3. The molecule has 35 heavy (non-hydrogen) atoms. The van der Waals surface area contributed by atoms with Gasteiger partial charge in [0.1, 0.15) is 5.82 Å². The molecule has 0 unspecified atom stereocenters. The number of rotatable bonds is 6. The molecule has 1 aliphatic carbocycles. The summed E-state index contributed by atoms with van der Waals surface area (Å²) in [5, 5.41) is 4.99. The Labute approximate surface area is 213 Å². The summed E-state index contributed by atoms with van der Waals surface area (Å²) in [7, 11) is 0. The number of anilines is 2. The molecule has 5 nitrogen and oxygen atoms in total. The third kappa shape index (κ3) is 5.53. The Morgan fingerprint density at radius 1 is 1.06 bits per heavy atom. The van der Waals surface area contributed by atoms with Crippen LogP contribution in [0.15, 0.2) is 65.7 Å². The van der Waals surface area contributed by atoms with Crippen molar-refractivity contribution in [3.8, 4) is 11.1 Å². The van der Waals surface area contributed by atoms with E-state index < -0.39 is 0 Å². The second-order valence-electron chi connectivity index (χ2n) is 9.00. The fourth-order valence-electron chi connectivity index (χ4n) is 4.41. The molecular weight excluding hydrogens is 481 g/mol. The number of halogens is 2. The van der Waals surface area contributed by atoms with Crippen LogP contribution in [0.25, 0.3) is 22.0 Å². The van der Waals surface area contributed by atoms with Gasteiger partial charge in [-0.1, -0.05) is 29.8 Å². The molecule has 8 heteroatoms. The minimum atomic E-state index is -0.329. The second kappa shape index (κ2) is 10.4. The van der Waals surface area contributed by atoms with Crippen molar-refractivity contribution in [3.05, 3.63) is 77.2 Å². The van der Waals surface area contributed by atoms with Crippen LogP contribution in [-0.4, -0.2) is 22.1 Å². The molecule has 5 rings (SSSR count). The Bertz CT molecular complexity index is 1360. The van der Waals surface area contributed by atoms with Gasteiger partial charge in [-0.25, -0.2) is 14.4 Å². The van der Waals surface area contributed by atoms with Gasteiger partial charge in [0.2, 0.25) is 5.95 Å². The van der Waals surface area contributed by atoms with Crippen LogP contribution < -0.4 is 15.8 Å². The Balaban J connectivity index is 1.33. The predicted octanol–water partition coefficient (Wildman–Crippen LogP) is 7.20. The zero-order valence-electron chi connectivity index (χ0n) is 19.4. The Morgan fingerprint density at radius 3 is 2.63 bits per heavy atom. The van der Waals surface area contributed by atoms with Crippen LogP contribution >= 0.6 is 23.5 Å². The maximum atomic E-state index is 14.9. The predicted molar refractivity (Wildman–Crippen MR) is 144 cm³/mol. The number of nitrogens with one attached hydrogen (secondary N) is 2. The summed E-state index contributed by atoms with van der Waals surface area (Å²) in [5.74, 6) is 0.312. The van der Waals surface area contributed by atoms with Crippen molar-refractivity contribution < 1.29 is 4.39 Å². The molecule has 4 N–H and O–H groups in total. The molecule has 3 aromatic carbocycles. The molecule has 1 aliphatic rings. The van der Waals surface area contributed by atoms with E-state index in [9.17, 15) is 4.39 Å². The summed E-state index contributed by atoms with van der Waals surface area (Å²) < 4.78 is 18.0. The molecule has 0 saturated heterocycles. The summed E-state index contributed by atoms with van der Waals surface area (Å²) >= 11 is 7.48. The van der Waals surface area contributed by atoms with Crippen molar-refractivity contribution in [2.75, 3.05) is 10.0 Å². The number of nitrogens with zero attached hydrogens (tertiary/aromatic N) is 2. The van der Waals surface area contributed by atoms with Crippen LogP contribution in [0.3, 0.4) is 0 Å². The van der Waals surface area contributed by atoms with Gasteiger partial charge in [0.25, 0.3) is 0 Å². The van der Waals surface area contributed by atoms with Crippen molar-refractivity contribution in [1.29, 1.82) is 0 Å². The molecule has 0 amide bonds. The minimum absolute atomic E-state index is 0.308. The molecule has 1 saturated carbocycles. The van der Waals surface area contributed by atoms with E-state index in [4.69, 9.17) is 22.3 Å². The number of fused-ring (bicyclic) bond motifs is 1. The normalized spacial score (nSPS) is 17.9. The first-order valence-corrected chi connectivity index (χ1v) is 12.9. The van der Waals surface area contributed by atoms with Gasteiger partial charge in [0.05, 0.1) is 16.2 Å². The quantitative estimate of drug-likeness (QED) is 0.239. The van der Waals surface area contributed by atoms with Gasteiger partial charge in [0, 0.05) is 28.6 Å². The molecule has 0 radical (unpaired) electrons. The van der Waals surface area contributed by atoms with Crippen LogP contribution in [0, 0.1) is 12.7 Å². The van der Waals surface area contributed by atoms with Crippen LogP contribution in [0.4, 0.5) is 16.0 Å². The third-order valence-electron chi connectivity index (χ3n) is 6.42. The summed E-state index contributed by atoms with van der Waals surface area (Å²) in [6.45, 7) is 2.02. The Kier molecular flexibility index (Phi) is 7.09. The Hall–Kier alpha value is -2.87. The molecule has 0 spiro atoms. The van der Waals surface area contributed by atoms with Gasteiger partial charge >= 0.3 is 0 Å². The largest absolute Gasteiger partial charge is 0.351 e. The lowest BCUT2D eigenvalue weighted by Gasteiger charge is -2.26. The number of aryl methyl sites for hydroxylation is 1. The summed E-state index contributed by atoms with van der Waals surface area (Å²) in [5.41, 5.74) is 10.1. The number of hydrogen-bond donors (Lipinski definition) is 3. The zero-order valence-corrected chi connectivity index (χ0v) is 21.0. The van der Waals surface area contributed by atoms with E-state index in [1.807, 2.05) is 55.6 Å². The molecule has 0 aliphatic heterocycles. The highest BCUT2D eigenvalue weighted by Gasteiger charge is 2.19. The van der Waals surface area contributed by atoms with Gasteiger partial charge in [-0.3, -0.25) is 0 Å². The van der Waals surface area contributed by atoms with Gasteiger partial charge < -0.3 is 15.8 Å². The first-order chi connectivity index (χ1) is 17.0. The highest BCUT2D eigenvalue weighted by Crippen LogP contribution is 2.33. The Morgan fingerprint density at radius 2 is 1.86 bits per heavy atom. The van der Waals surface area contributed by atoms with Crippen LogP contribution in [0.2, 0.25) is 5.02 Å². The molecule has 180 valence electrons. The minimum Gasteiger partial charge on any atom is -0.351 e. The summed E-state index contributed by atoms with van der Waals surface area (Å²) in [6, 6.07) is 17.4. The van der Waals surface area contributed by atoms with Gasteiger partial charge in [-0.05, 0) is 97.6 Å². The topological polar surface area (TPSA) is 75.9 Å². The van der Waals surface area contributed by atoms with Crippen molar-refractivity contribution >= 4 is 46.1 Å². The molecular formula is C27H27ClFN5S. The SMILES string of the molecule is Cc1cc2nc(N[C@H]3CC[C@H](N)CC3)ncc2cc1-c1ccc(NSc2ccccc2Cl)c(F)c1. The fourth-order valence-corrected chi connectivity index (χ4v) is 5.36. The van der Waals surface area contributed by atoms with E-state index in [1.165, 1.54) is 11.9 Å². The maximum Gasteiger partial charge on any atom is 0.223 e.